The van der Waals surface area contributed by atoms with Crippen LogP contribution in [0.3, 0.4) is 0 Å². The van der Waals surface area contributed by atoms with E-state index >= 15 is 0 Å². The van der Waals surface area contributed by atoms with Crippen molar-refractivity contribution in [2.24, 2.45) is 5.41 Å². The molecular weight excluding hydrogens is 542 g/mol. The third kappa shape index (κ3) is 3.64. The summed E-state index contributed by atoms with van der Waals surface area (Å²) >= 11 is 0. The zero-order chi connectivity index (χ0) is 29.9. The number of carbonyl (C=O) groups excluding carboxylic acids is 3. The van der Waals surface area contributed by atoms with Crippen LogP contribution in [0.15, 0.2) is 97.1 Å². The molecule has 7 nitrogen and oxygen atoms in total. The van der Waals surface area contributed by atoms with E-state index in [9.17, 15) is 14.4 Å². The molecule has 3 aliphatic rings. The number of hydrogen-bond donors (Lipinski definition) is 0. The lowest BCUT2D eigenvalue weighted by molar-refractivity contribution is 0.0664. The van der Waals surface area contributed by atoms with Crippen molar-refractivity contribution in [1.29, 1.82) is 0 Å². The van der Waals surface area contributed by atoms with Crippen molar-refractivity contribution in [2.75, 3.05) is 26.2 Å². The van der Waals surface area contributed by atoms with Crippen LogP contribution in [0.25, 0.3) is 6.08 Å². The second kappa shape index (κ2) is 9.98. The van der Waals surface area contributed by atoms with Crippen molar-refractivity contribution in [2.45, 2.75) is 18.0 Å². The lowest BCUT2D eigenvalue weighted by Crippen LogP contribution is -2.48. The van der Waals surface area contributed by atoms with Crippen molar-refractivity contribution < 1.29 is 28.6 Å². The Kier molecular flexibility index (Phi) is 6.20. The largest absolute Gasteiger partial charge is 0.497 e. The van der Waals surface area contributed by atoms with E-state index in [0.717, 1.165) is 11.3 Å². The SMILES string of the molecule is COc1cccc(C(=O)[C@@H]2[C@H](c3cc(OC)ccc3OC)C3(C(=O)c4ccccc4C3=O)[C@H]3C=Cc4ccccc4N23)c1. The minimum atomic E-state index is -1.65. The highest BCUT2D eigenvalue weighted by molar-refractivity contribution is 6.32. The van der Waals surface area contributed by atoms with E-state index in [4.69, 9.17) is 14.2 Å². The second-order valence-electron chi connectivity index (χ2n) is 11.0. The molecule has 1 aliphatic carbocycles. The maximum Gasteiger partial charge on any atom is 0.186 e. The molecule has 7 heteroatoms. The Bertz CT molecular complexity index is 1810. The Morgan fingerprint density at radius 1 is 0.744 bits per heavy atom. The van der Waals surface area contributed by atoms with Crippen molar-refractivity contribution >= 4 is 29.1 Å². The van der Waals surface area contributed by atoms with Gasteiger partial charge in [-0.15, -0.1) is 0 Å². The number of Topliss-reactive ketones (excluding diaryl/α,β-unsaturated/α-hetero) is 3. The number of benzene rings is 4. The van der Waals surface area contributed by atoms with Gasteiger partial charge < -0.3 is 19.1 Å². The summed E-state index contributed by atoms with van der Waals surface area (Å²) < 4.78 is 16.9. The molecule has 1 saturated heterocycles. The van der Waals surface area contributed by atoms with E-state index in [0.29, 0.717) is 39.5 Å². The maximum absolute atomic E-state index is 14.9. The van der Waals surface area contributed by atoms with Crippen LogP contribution in [0, 0.1) is 5.41 Å². The second-order valence-corrected chi connectivity index (χ2v) is 11.0. The Morgan fingerprint density at radius 2 is 1.42 bits per heavy atom. The molecule has 0 bridgehead atoms. The quantitative estimate of drug-likeness (QED) is 0.207. The molecule has 2 heterocycles. The molecule has 0 radical (unpaired) electrons. The van der Waals surface area contributed by atoms with E-state index in [-0.39, 0.29) is 17.3 Å². The van der Waals surface area contributed by atoms with Crippen molar-refractivity contribution in [3.05, 3.63) is 125 Å². The Morgan fingerprint density at radius 3 is 2.12 bits per heavy atom. The van der Waals surface area contributed by atoms with Gasteiger partial charge in [0.2, 0.25) is 0 Å². The first-order valence-electron chi connectivity index (χ1n) is 14.1. The van der Waals surface area contributed by atoms with Gasteiger partial charge in [-0.25, -0.2) is 0 Å². The summed E-state index contributed by atoms with van der Waals surface area (Å²) in [5.41, 5.74) is 1.71. The topological polar surface area (TPSA) is 82.1 Å². The Balaban J connectivity index is 1.58. The van der Waals surface area contributed by atoms with E-state index in [1.807, 2.05) is 41.3 Å². The summed E-state index contributed by atoms with van der Waals surface area (Å²) in [5.74, 6) is -0.255. The number of ether oxygens (including phenoxy) is 3. The summed E-state index contributed by atoms with van der Waals surface area (Å²) in [6.07, 6.45) is 3.85. The van der Waals surface area contributed by atoms with Gasteiger partial charge in [-0.3, -0.25) is 14.4 Å². The first kappa shape index (κ1) is 26.7. The fraction of sp³-hybridized carbons (Fsp3) is 0.194. The highest BCUT2D eigenvalue weighted by Gasteiger charge is 2.72. The van der Waals surface area contributed by atoms with Crippen LogP contribution in [0.1, 0.15) is 48.1 Å². The highest BCUT2D eigenvalue weighted by atomic mass is 16.5. The predicted molar refractivity (Wildman–Crippen MR) is 163 cm³/mol. The number of rotatable bonds is 6. The lowest BCUT2D eigenvalue weighted by Gasteiger charge is -2.37. The fourth-order valence-electron chi connectivity index (χ4n) is 7.29. The predicted octanol–water partition coefficient (Wildman–Crippen LogP) is 6.03. The summed E-state index contributed by atoms with van der Waals surface area (Å²) in [6, 6.07) is 25.3. The maximum atomic E-state index is 14.9. The molecule has 3 atom stereocenters. The zero-order valence-electron chi connectivity index (χ0n) is 23.9. The molecular formula is C36H29NO6. The number of para-hydroxylation sites is 1. The number of nitrogens with zero attached hydrogens (tertiary/aromatic N) is 1. The molecule has 0 aromatic heterocycles. The first-order valence-corrected chi connectivity index (χ1v) is 14.1. The summed E-state index contributed by atoms with van der Waals surface area (Å²) in [7, 11) is 4.65. The van der Waals surface area contributed by atoms with Gasteiger partial charge in [-0.2, -0.15) is 0 Å². The van der Waals surface area contributed by atoms with E-state index in [1.54, 1.807) is 88.1 Å². The Labute approximate surface area is 249 Å². The van der Waals surface area contributed by atoms with Crippen LogP contribution in [0.2, 0.25) is 0 Å². The molecule has 0 saturated carbocycles. The van der Waals surface area contributed by atoms with Crippen LogP contribution in [0.4, 0.5) is 5.69 Å². The number of hydrogen-bond acceptors (Lipinski definition) is 7. The third-order valence-electron chi connectivity index (χ3n) is 9.11. The van der Waals surface area contributed by atoms with Crippen LogP contribution in [0.5, 0.6) is 17.2 Å². The number of fused-ring (bicyclic) bond motifs is 5. The lowest BCUT2D eigenvalue weighted by atomic mass is 9.64. The molecule has 1 spiro atoms. The van der Waals surface area contributed by atoms with E-state index < -0.39 is 23.4 Å². The first-order chi connectivity index (χ1) is 20.9. The molecule has 1 fully saturated rings. The fourth-order valence-corrected chi connectivity index (χ4v) is 7.29. The number of methoxy groups -OCH3 is 3. The number of anilines is 1. The molecule has 4 aromatic carbocycles. The highest BCUT2D eigenvalue weighted by Crippen LogP contribution is 2.62. The molecule has 0 unspecified atom stereocenters. The van der Waals surface area contributed by atoms with Crippen molar-refractivity contribution in [3.63, 3.8) is 0 Å². The number of ketones is 3. The minimum absolute atomic E-state index is 0.239. The van der Waals surface area contributed by atoms with E-state index in [2.05, 4.69) is 0 Å². The van der Waals surface area contributed by atoms with Crippen LogP contribution in [-0.2, 0) is 0 Å². The van der Waals surface area contributed by atoms with Gasteiger partial charge in [0.05, 0.1) is 27.4 Å². The molecule has 4 aromatic rings. The standard InChI is InChI=1S/C36H29NO6/c1-41-23-11-8-10-22(19-23)33(38)32-31(27-20-24(42-2)16-17-29(27)43-3)36(34(39)25-12-5-6-13-26(25)35(36)40)30-18-15-21-9-4-7-14-28(21)37(30)32/h4-20,30-32H,1-3H3/t30-,31+,32+/m1/s1. The average Bonchev–Trinajstić information content (AvgIpc) is 3.50. The average molecular weight is 572 g/mol. The minimum Gasteiger partial charge on any atom is -0.497 e. The zero-order valence-corrected chi connectivity index (χ0v) is 23.9. The molecule has 2 aliphatic heterocycles. The smallest absolute Gasteiger partial charge is 0.186 e. The van der Waals surface area contributed by atoms with Crippen molar-refractivity contribution in [3.8, 4) is 17.2 Å². The summed E-state index contributed by atoms with van der Waals surface area (Å²) in [4.78, 5) is 46.6. The van der Waals surface area contributed by atoms with Gasteiger partial charge in [0.25, 0.3) is 0 Å². The van der Waals surface area contributed by atoms with Crippen LogP contribution >= 0.6 is 0 Å². The van der Waals surface area contributed by atoms with Gasteiger partial charge >= 0.3 is 0 Å². The summed E-state index contributed by atoms with van der Waals surface area (Å²) in [5, 5.41) is 0. The molecule has 0 N–H and O–H groups in total. The van der Waals surface area contributed by atoms with Crippen molar-refractivity contribution in [1.82, 2.24) is 0 Å². The number of carbonyl (C=O) groups is 3. The third-order valence-corrected chi connectivity index (χ3v) is 9.11. The summed E-state index contributed by atoms with van der Waals surface area (Å²) in [6.45, 7) is 0. The van der Waals surface area contributed by atoms with Gasteiger partial charge in [0.15, 0.2) is 17.3 Å². The van der Waals surface area contributed by atoms with Crippen LogP contribution < -0.4 is 19.1 Å². The van der Waals surface area contributed by atoms with Gasteiger partial charge in [-0.1, -0.05) is 66.7 Å². The monoisotopic (exact) mass is 571 g/mol. The molecule has 0 amide bonds. The van der Waals surface area contributed by atoms with Gasteiger partial charge in [0, 0.05) is 33.9 Å². The molecule has 43 heavy (non-hydrogen) atoms. The normalized spacial score (nSPS) is 20.9. The van der Waals surface area contributed by atoms with Gasteiger partial charge in [-0.05, 0) is 42.0 Å². The van der Waals surface area contributed by atoms with Crippen LogP contribution in [-0.4, -0.2) is 50.8 Å². The van der Waals surface area contributed by atoms with Gasteiger partial charge in [0.1, 0.15) is 28.7 Å². The molecule has 7 rings (SSSR count). The molecule has 214 valence electrons. The van der Waals surface area contributed by atoms with E-state index in [1.165, 1.54) is 0 Å². The Hall–Kier alpha value is -5.17.